The Labute approximate surface area is 100 Å². The van der Waals surface area contributed by atoms with Crippen molar-refractivity contribution >= 4 is 26.7 Å². The standard InChI is InChI=1S/C10H14BrNO2S/c11-9-1-4-14-10(9)7-12-8-2-5-15(13)6-3-8/h1,4,8,12H,2-3,5-7H2. The summed E-state index contributed by atoms with van der Waals surface area (Å²) in [5.74, 6) is 2.59. The van der Waals surface area contributed by atoms with Crippen LogP contribution in [0.4, 0.5) is 0 Å². The number of hydrogen-bond donors (Lipinski definition) is 1. The summed E-state index contributed by atoms with van der Waals surface area (Å²) in [5.41, 5.74) is 0. The number of halogens is 1. The summed E-state index contributed by atoms with van der Waals surface area (Å²) in [6, 6.07) is 2.38. The molecule has 1 aromatic rings. The molecule has 2 rings (SSSR count). The van der Waals surface area contributed by atoms with Gasteiger partial charge in [0.05, 0.1) is 17.3 Å². The van der Waals surface area contributed by atoms with E-state index < -0.39 is 10.8 Å². The number of nitrogens with one attached hydrogen (secondary N) is 1. The van der Waals surface area contributed by atoms with Crippen molar-refractivity contribution in [1.82, 2.24) is 5.32 Å². The zero-order chi connectivity index (χ0) is 10.7. The van der Waals surface area contributed by atoms with E-state index in [1.807, 2.05) is 6.07 Å². The average molecular weight is 292 g/mol. The van der Waals surface area contributed by atoms with E-state index in [4.69, 9.17) is 4.42 Å². The Balaban J connectivity index is 1.79. The van der Waals surface area contributed by atoms with Crippen molar-refractivity contribution in [2.24, 2.45) is 0 Å². The van der Waals surface area contributed by atoms with Gasteiger partial charge in [0, 0.05) is 28.3 Å². The lowest BCUT2D eigenvalue weighted by Gasteiger charge is -2.22. The summed E-state index contributed by atoms with van der Waals surface area (Å²) in [5, 5.41) is 3.43. The Morgan fingerprint density at radius 1 is 1.53 bits per heavy atom. The van der Waals surface area contributed by atoms with Gasteiger partial charge in [-0.3, -0.25) is 4.21 Å². The molecule has 0 amide bonds. The highest BCUT2D eigenvalue weighted by Gasteiger charge is 2.17. The predicted octanol–water partition coefficient (Wildman–Crippen LogP) is 2.04. The molecule has 1 aliphatic rings. The number of hydrogen-bond acceptors (Lipinski definition) is 3. The van der Waals surface area contributed by atoms with Crippen LogP contribution in [0.5, 0.6) is 0 Å². The molecule has 0 radical (unpaired) electrons. The molecule has 0 aromatic carbocycles. The topological polar surface area (TPSA) is 42.2 Å². The summed E-state index contributed by atoms with van der Waals surface area (Å²) in [6.45, 7) is 0.741. The van der Waals surface area contributed by atoms with Crippen LogP contribution in [0.25, 0.3) is 0 Å². The van der Waals surface area contributed by atoms with Crippen molar-refractivity contribution in [3.8, 4) is 0 Å². The van der Waals surface area contributed by atoms with Crippen LogP contribution in [-0.2, 0) is 17.3 Å². The van der Waals surface area contributed by atoms with E-state index in [2.05, 4.69) is 21.2 Å². The Kier molecular flexibility index (Phi) is 3.99. The lowest BCUT2D eigenvalue weighted by molar-refractivity contribution is 0.424. The smallest absolute Gasteiger partial charge is 0.131 e. The molecular formula is C10H14BrNO2S. The fourth-order valence-corrected chi connectivity index (χ4v) is 3.33. The maximum Gasteiger partial charge on any atom is 0.131 e. The first-order valence-electron chi connectivity index (χ1n) is 5.06. The van der Waals surface area contributed by atoms with Gasteiger partial charge in [-0.15, -0.1) is 0 Å². The molecule has 0 aliphatic carbocycles. The summed E-state index contributed by atoms with van der Waals surface area (Å²) in [7, 11) is -0.578. The van der Waals surface area contributed by atoms with Gasteiger partial charge in [0.2, 0.25) is 0 Å². The normalized spacial score (nSPS) is 26.7. The van der Waals surface area contributed by atoms with Crippen LogP contribution >= 0.6 is 15.9 Å². The third-order valence-electron chi connectivity index (χ3n) is 2.63. The van der Waals surface area contributed by atoms with E-state index in [0.717, 1.165) is 41.1 Å². The van der Waals surface area contributed by atoms with Gasteiger partial charge >= 0.3 is 0 Å². The molecule has 1 aromatic heterocycles. The molecule has 3 nitrogen and oxygen atoms in total. The maximum absolute atomic E-state index is 11.2. The first kappa shape index (κ1) is 11.4. The minimum absolute atomic E-state index is 0.486. The Hall–Kier alpha value is -0.130. The van der Waals surface area contributed by atoms with Crippen molar-refractivity contribution in [2.75, 3.05) is 11.5 Å². The zero-order valence-electron chi connectivity index (χ0n) is 8.37. The quantitative estimate of drug-likeness (QED) is 0.927. The predicted molar refractivity (Wildman–Crippen MR) is 64.1 cm³/mol. The van der Waals surface area contributed by atoms with Gasteiger partial charge in [-0.2, -0.15) is 0 Å². The van der Waals surface area contributed by atoms with Gasteiger partial charge in [0.1, 0.15) is 5.76 Å². The third kappa shape index (κ3) is 3.16. The molecule has 0 bridgehead atoms. The maximum atomic E-state index is 11.2. The van der Waals surface area contributed by atoms with Crippen LogP contribution in [-0.4, -0.2) is 21.8 Å². The minimum Gasteiger partial charge on any atom is -0.467 e. The van der Waals surface area contributed by atoms with Crippen LogP contribution in [0.1, 0.15) is 18.6 Å². The molecule has 0 spiro atoms. The van der Waals surface area contributed by atoms with Crippen LogP contribution in [0.2, 0.25) is 0 Å². The monoisotopic (exact) mass is 291 g/mol. The van der Waals surface area contributed by atoms with Crippen LogP contribution in [0.15, 0.2) is 21.2 Å². The second kappa shape index (κ2) is 5.27. The van der Waals surface area contributed by atoms with Crippen molar-refractivity contribution in [1.29, 1.82) is 0 Å². The lowest BCUT2D eigenvalue weighted by atomic mass is 10.1. The largest absolute Gasteiger partial charge is 0.467 e. The lowest BCUT2D eigenvalue weighted by Crippen LogP contribution is -2.35. The summed E-state index contributed by atoms with van der Waals surface area (Å²) in [4.78, 5) is 0. The molecule has 84 valence electrons. The molecule has 0 unspecified atom stereocenters. The number of rotatable bonds is 3. The molecule has 5 heteroatoms. The zero-order valence-corrected chi connectivity index (χ0v) is 10.8. The molecule has 1 saturated heterocycles. The molecule has 0 saturated carbocycles. The molecule has 15 heavy (non-hydrogen) atoms. The van der Waals surface area contributed by atoms with Gasteiger partial charge < -0.3 is 9.73 Å². The average Bonchev–Trinajstić information content (AvgIpc) is 2.63. The highest BCUT2D eigenvalue weighted by molar-refractivity contribution is 9.10. The van der Waals surface area contributed by atoms with Gasteiger partial charge in [0.15, 0.2) is 0 Å². The Morgan fingerprint density at radius 3 is 2.87 bits per heavy atom. The molecule has 1 aliphatic heterocycles. The molecule has 0 atom stereocenters. The van der Waals surface area contributed by atoms with Gasteiger partial charge in [-0.05, 0) is 34.8 Å². The first-order valence-corrected chi connectivity index (χ1v) is 7.34. The van der Waals surface area contributed by atoms with Crippen molar-refractivity contribution < 1.29 is 8.63 Å². The highest BCUT2D eigenvalue weighted by Crippen LogP contribution is 2.18. The van der Waals surface area contributed by atoms with E-state index in [1.54, 1.807) is 6.26 Å². The molecule has 1 N–H and O–H groups in total. The van der Waals surface area contributed by atoms with Crippen molar-refractivity contribution in [2.45, 2.75) is 25.4 Å². The van der Waals surface area contributed by atoms with E-state index in [1.165, 1.54) is 0 Å². The highest BCUT2D eigenvalue weighted by atomic mass is 79.9. The fraction of sp³-hybridized carbons (Fsp3) is 0.600. The number of furan rings is 1. The van der Waals surface area contributed by atoms with Crippen molar-refractivity contribution in [3.63, 3.8) is 0 Å². The van der Waals surface area contributed by atoms with Gasteiger partial charge in [-0.1, -0.05) is 0 Å². The van der Waals surface area contributed by atoms with Gasteiger partial charge in [0.25, 0.3) is 0 Å². The first-order chi connectivity index (χ1) is 7.25. The molecule has 1 fully saturated rings. The Morgan fingerprint density at radius 2 is 2.27 bits per heavy atom. The second-order valence-corrected chi connectivity index (χ2v) is 6.25. The van der Waals surface area contributed by atoms with E-state index >= 15 is 0 Å². The van der Waals surface area contributed by atoms with E-state index in [9.17, 15) is 4.21 Å². The second-order valence-electron chi connectivity index (χ2n) is 3.69. The fourth-order valence-electron chi connectivity index (χ4n) is 1.69. The third-order valence-corrected chi connectivity index (χ3v) is 4.72. The van der Waals surface area contributed by atoms with Crippen molar-refractivity contribution in [3.05, 3.63) is 22.6 Å². The summed E-state index contributed by atoms with van der Waals surface area (Å²) < 4.78 is 17.5. The summed E-state index contributed by atoms with van der Waals surface area (Å²) >= 11 is 3.42. The SMILES string of the molecule is O=S1CCC(NCc2occc2Br)CC1. The van der Waals surface area contributed by atoms with E-state index in [0.29, 0.717) is 6.04 Å². The minimum atomic E-state index is -0.578. The van der Waals surface area contributed by atoms with Crippen LogP contribution in [0, 0.1) is 0 Å². The molecule has 2 heterocycles. The molecular weight excluding hydrogens is 278 g/mol. The van der Waals surface area contributed by atoms with Crippen LogP contribution < -0.4 is 5.32 Å². The van der Waals surface area contributed by atoms with E-state index in [-0.39, 0.29) is 0 Å². The van der Waals surface area contributed by atoms with Crippen LogP contribution in [0.3, 0.4) is 0 Å². The van der Waals surface area contributed by atoms with Gasteiger partial charge in [-0.25, -0.2) is 0 Å². The summed E-state index contributed by atoms with van der Waals surface area (Å²) in [6.07, 6.45) is 3.69. The Bertz CT molecular complexity index is 343.